The molecule has 1 rings (SSSR count). The molecule has 1 nitrogen and oxygen atoms in total. The summed E-state index contributed by atoms with van der Waals surface area (Å²) in [6, 6.07) is 5.93. The first kappa shape index (κ1) is 11.6. The van der Waals surface area contributed by atoms with Gasteiger partial charge in [-0.3, -0.25) is 4.79 Å². The van der Waals surface area contributed by atoms with Crippen molar-refractivity contribution in [2.24, 2.45) is 0 Å². The zero-order valence-electron chi connectivity index (χ0n) is 7.48. The summed E-state index contributed by atoms with van der Waals surface area (Å²) in [5, 5.41) is -0.468. The lowest BCUT2D eigenvalue weighted by Gasteiger charge is -2.08. The minimum absolute atomic E-state index is 0.106. The van der Waals surface area contributed by atoms with Gasteiger partial charge in [-0.1, -0.05) is 12.1 Å². The van der Waals surface area contributed by atoms with Crippen molar-refractivity contribution >= 4 is 31.0 Å². The second-order valence-corrected chi connectivity index (χ2v) is 3.94. The molecule has 0 aliphatic heterocycles. The summed E-state index contributed by atoms with van der Waals surface area (Å²) in [7, 11) is 0. The second-order valence-electron chi connectivity index (χ2n) is 2.87. The average molecular weight is 230 g/mol. The quantitative estimate of drug-likeness (QED) is 0.600. The van der Waals surface area contributed by atoms with E-state index in [1.165, 1.54) is 12.1 Å². The third-order valence-electron chi connectivity index (χ3n) is 1.84. The molecule has 1 unspecified atom stereocenters. The Kier molecular flexibility index (Phi) is 4.48. The summed E-state index contributed by atoms with van der Waals surface area (Å²) in [6.45, 7) is 0. The minimum Gasteiger partial charge on any atom is -0.293 e. The highest BCUT2D eigenvalue weighted by Crippen LogP contribution is 2.14. The summed E-state index contributed by atoms with van der Waals surface area (Å²) in [6.07, 6.45) is 0.541. The Morgan fingerprint density at radius 3 is 2.64 bits per heavy atom. The number of thiol groups is 2. The number of carbonyl (C=O) groups excluding carboxylic acids is 1. The Labute approximate surface area is 93.5 Å². The maximum atomic E-state index is 13.2. The van der Waals surface area contributed by atoms with Crippen LogP contribution in [0.15, 0.2) is 24.3 Å². The molecule has 0 saturated heterocycles. The number of hydrogen-bond donors (Lipinski definition) is 2. The molecule has 0 aliphatic carbocycles. The Balaban J connectivity index is 2.84. The molecule has 1 aromatic carbocycles. The van der Waals surface area contributed by atoms with E-state index < -0.39 is 11.1 Å². The summed E-state index contributed by atoms with van der Waals surface area (Å²) in [5.41, 5.74) is 0.106. The molecule has 1 aromatic rings. The first-order valence-electron chi connectivity index (χ1n) is 4.24. The highest BCUT2D eigenvalue weighted by Gasteiger charge is 2.17. The summed E-state index contributed by atoms with van der Waals surface area (Å²) >= 11 is 8.10. The van der Waals surface area contributed by atoms with Gasteiger partial charge in [0.25, 0.3) is 0 Å². The van der Waals surface area contributed by atoms with Gasteiger partial charge in [-0.25, -0.2) is 4.39 Å². The Bertz CT molecular complexity index is 328. The van der Waals surface area contributed by atoms with Crippen LogP contribution in [0.25, 0.3) is 0 Å². The number of ketones is 1. The van der Waals surface area contributed by atoms with Gasteiger partial charge < -0.3 is 0 Å². The lowest BCUT2D eigenvalue weighted by Crippen LogP contribution is -2.16. The summed E-state index contributed by atoms with van der Waals surface area (Å²) in [4.78, 5) is 11.6. The van der Waals surface area contributed by atoms with E-state index in [1.807, 2.05) is 0 Å². The number of Topliss-reactive ketones (excluding diaryl/α,β-unsaturated/α-hetero) is 1. The molecule has 0 spiro atoms. The number of hydrogen-bond acceptors (Lipinski definition) is 3. The van der Waals surface area contributed by atoms with Crippen molar-refractivity contribution in [2.75, 3.05) is 5.75 Å². The molecule has 0 radical (unpaired) electrons. The molecule has 0 amide bonds. The summed E-state index contributed by atoms with van der Waals surface area (Å²) < 4.78 is 13.2. The van der Waals surface area contributed by atoms with Crippen LogP contribution in [0.4, 0.5) is 4.39 Å². The molecule has 0 aliphatic rings. The van der Waals surface area contributed by atoms with Crippen LogP contribution in [0.5, 0.6) is 0 Å². The SMILES string of the molecule is O=C(c1ccccc1F)C(S)CCS. The minimum atomic E-state index is -0.490. The maximum Gasteiger partial charge on any atom is 0.178 e. The lowest BCUT2D eigenvalue weighted by molar-refractivity contribution is 0.0985. The van der Waals surface area contributed by atoms with Gasteiger partial charge in [0.15, 0.2) is 5.78 Å². The molecule has 4 heteroatoms. The van der Waals surface area contributed by atoms with Crippen molar-refractivity contribution in [3.8, 4) is 0 Å². The van der Waals surface area contributed by atoms with Crippen molar-refractivity contribution in [3.63, 3.8) is 0 Å². The number of benzene rings is 1. The second kappa shape index (κ2) is 5.41. The lowest BCUT2D eigenvalue weighted by atomic mass is 10.1. The van der Waals surface area contributed by atoms with Crippen LogP contribution in [-0.4, -0.2) is 16.8 Å². The Morgan fingerprint density at radius 2 is 2.07 bits per heavy atom. The molecule has 0 saturated carbocycles. The van der Waals surface area contributed by atoms with Crippen LogP contribution >= 0.6 is 25.3 Å². The molecular weight excluding hydrogens is 219 g/mol. The molecule has 76 valence electrons. The molecular formula is C10H11FOS2. The first-order valence-corrected chi connectivity index (χ1v) is 5.39. The summed E-state index contributed by atoms with van der Waals surface area (Å²) in [5.74, 6) is -0.204. The van der Waals surface area contributed by atoms with Crippen molar-refractivity contribution < 1.29 is 9.18 Å². The first-order chi connectivity index (χ1) is 6.66. The molecule has 0 aromatic heterocycles. The highest BCUT2D eigenvalue weighted by molar-refractivity contribution is 7.82. The highest BCUT2D eigenvalue weighted by atomic mass is 32.1. The normalized spacial score (nSPS) is 12.5. The largest absolute Gasteiger partial charge is 0.293 e. The van der Waals surface area contributed by atoms with Gasteiger partial charge in [0, 0.05) is 0 Å². The van der Waals surface area contributed by atoms with Crippen LogP contribution in [0.2, 0.25) is 0 Å². The third-order valence-corrected chi connectivity index (χ3v) is 2.60. The van der Waals surface area contributed by atoms with E-state index in [-0.39, 0.29) is 11.3 Å². The number of carbonyl (C=O) groups is 1. The van der Waals surface area contributed by atoms with E-state index in [4.69, 9.17) is 0 Å². The molecule has 1 atom stereocenters. The fraction of sp³-hybridized carbons (Fsp3) is 0.300. The molecule has 0 fully saturated rings. The zero-order chi connectivity index (χ0) is 10.6. The van der Waals surface area contributed by atoms with Gasteiger partial charge in [0.1, 0.15) is 5.82 Å². The van der Waals surface area contributed by atoms with E-state index in [0.29, 0.717) is 12.2 Å². The predicted molar refractivity (Wildman–Crippen MR) is 62.0 cm³/mol. The fourth-order valence-electron chi connectivity index (χ4n) is 1.09. The number of halogens is 1. The maximum absolute atomic E-state index is 13.2. The van der Waals surface area contributed by atoms with Gasteiger partial charge in [0.2, 0.25) is 0 Å². The van der Waals surface area contributed by atoms with Crippen molar-refractivity contribution in [3.05, 3.63) is 35.6 Å². The third kappa shape index (κ3) is 2.75. The van der Waals surface area contributed by atoms with Gasteiger partial charge in [-0.05, 0) is 24.3 Å². The van der Waals surface area contributed by atoms with Crippen molar-refractivity contribution in [2.45, 2.75) is 11.7 Å². The fourth-order valence-corrected chi connectivity index (χ4v) is 1.82. The molecule has 0 bridgehead atoms. The van der Waals surface area contributed by atoms with Crippen LogP contribution in [-0.2, 0) is 0 Å². The van der Waals surface area contributed by atoms with Crippen molar-refractivity contribution in [1.29, 1.82) is 0 Å². The van der Waals surface area contributed by atoms with Crippen LogP contribution in [0, 0.1) is 5.82 Å². The van der Waals surface area contributed by atoms with Crippen LogP contribution in [0.1, 0.15) is 16.8 Å². The van der Waals surface area contributed by atoms with Crippen molar-refractivity contribution in [1.82, 2.24) is 0 Å². The van der Waals surface area contributed by atoms with Gasteiger partial charge in [-0.15, -0.1) is 0 Å². The van der Waals surface area contributed by atoms with Gasteiger partial charge >= 0.3 is 0 Å². The van der Waals surface area contributed by atoms with E-state index >= 15 is 0 Å². The van der Waals surface area contributed by atoms with E-state index in [1.54, 1.807) is 12.1 Å². The van der Waals surface area contributed by atoms with E-state index in [2.05, 4.69) is 25.3 Å². The average Bonchev–Trinajstić information content (AvgIpc) is 2.18. The van der Waals surface area contributed by atoms with Gasteiger partial charge in [-0.2, -0.15) is 25.3 Å². The smallest absolute Gasteiger partial charge is 0.178 e. The van der Waals surface area contributed by atoms with Crippen LogP contribution < -0.4 is 0 Å². The predicted octanol–water partition coefficient (Wildman–Crippen LogP) is 2.63. The molecule has 14 heavy (non-hydrogen) atoms. The molecule has 0 heterocycles. The zero-order valence-corrected chi connectivity index (χ0v) is 9.27. The van der Waals surface area contributed by atoms with E-state index in [0.717, 1.165) is 0 Å². The molecule has 0 N–H and O–H groups in total. The van der Waals surface area contributed by atoms with E-state index in [9.17, 15) is 9.18 Å². The topological polar surface area (TPSA) is 17.1 Å². The Morgan fingerprint density at radius 1 is 1.43 bits per heavy atom. The van der Waals surface area contributed by atoms with Gasteiger partial charge in [0.05, 0.1) is 10.8 Å². The number of rotatable bonds is 4. The standard InChI is InChI=1S/C10H11FOS2/c11-8-4-2-1-3-7(8)10(12)9(14)5-6-13/h1-4,9,13-14H,5-6H2. The van der Waals surface area contributed by atoms with Crippen LogP contribution in [0.3, 0.4) is 0 Å². The Hall–Kier alpha value is -0.480. The monoisotopic (exact) mass is 230 g/mol.